The summed E-state index contributed by atoms with van der Waals surface area (Å²) in [6.45, 7) is 3.58. The maximum absolute atomic E-state index is 12.2. The fraction of sp³-hybridized carbons (Fsp3) is 0.389. The Labute approximate surface area is 136 Å². The van der Waals surface area contributed by atoms with Crippen LogP contribution in [0.4, 0.5) is 5.82 Å². The molecule has 0 aliphatic carbocycles. The lowest BCUT2D eigenvalue weighted by molar-refractivity contribution is 0.0949. The van der Waals surface area contributed by atoms with Crippen molar-refractivity contribution >= 4 is 11.7 Å². The van der Waals surface area contributed by atoms with Gasteiger partial charge in [-0.15, -0.1) is 0 Å². The summed E-state index contributed by atoms with van der Waals surface area (Å²) >= 11 is 0. The first kappa shape index (κ1) is 15.5. The van der Waals surface area contributed by atoms with Gasteiger partial charge in [0.05, 0.1) is 0 Å². The quantitative estimate of drug-likeness (QED) is 0.943. The first-order chi connectivity index (χ1) is 11.2. The van der Waals surface area contributed by atoms with E-state index in [1.165, 1.54) is 6.42 Å². The summed E-state index contributed by atoms with van der Waals surface area (Å²) in [5.41, 5.74) is 1.67. The molecule has 1 aromatic heterocycles. The van der Waals surface area contributed by atoms with E-state index < -0.39 is 0 Å². The Morgan fingerprint density at radius 1 is 1.26 bits per heavy atom. The molecular formula is C18H22N4O. The Bertz CT molecular complexity index is 659. The zero-order valence-corrected chi connectivity index (χ0v) is 13.4. The van der Waals surface area contributed by atoms with E-state index in [0.717, 1.165) is 30.9 Å². The van der Waals surface area contributed by atoms with Crippen LogP contribution in [-0.2, 0) is 0 Å². The first-order valence-electron chi connectivity index (χ1n) is 8.12. The second kappa shape index (κ2) is 7.22. The minimum absolute atomic E-state index is 0.0185. The lowest BCUT2D eigenvalue weighted by Crippen LogP contribution is -2.47. The number of amides is 1. The number of carbonyl (C=O) groups is 1. The highest BCUT2D eigenvalue weighted by Crippen LogP contribution is 2.22. The Morgan fingerprint density at radius 3 is 2.87 bits per heavy atom. The number of nitrogens with one attached hydrogen (secondary N) is 1. The molecule has 1 saturated heterocycles. The number of aryl methyl sites for hydroxylation is 1. The van der Waals surface area contributed by atoms with Crippen LogP contribution >= 0.6 is 0 Å². The van der Waals surface area contributed by atoms with Crippen LogP contribution in [0.2, 0.25) is 0 Å². The summed E-state index contributed by atoms with van der Waals surface area (Å²) < 4.78 is 0. The number of piperidine rings is 1. The third kappa shape index (κ3) is 3.86. The molecule has 2 heterocycles. The highest BCUT2D eigenvalue weighted by molar-refractivity contribution is 5.94. The van der Waals surface area contributed by atoms with Crippen molar-refractivity contribution in [3.8, 4) is 0 Å². The van der Waals surface area contributed by atoms with Gasteiger partial charge in [-0.25, -0.2) is 9.97 Å². The lowest BCUT2D eigenvalue weighted by atomic mass is 10.0. The third-order valence-electron chi connectivity index (χ3n) is 4.24. The molecule has 0 spiro atoms. The van der Waals surface area contributed by atoms with Crippen LogP contribution < -0.4 is 10.2 Å². The highest BCUT2D eigenvalue weighted by atomic mass is 16.1. The summed E-state index contributed by atoms with van der Waals surface area (Å²) in [6.07, 6.45) is 5.02. The van der Waals surface area contributed by atoms with E-state index >= 15 is 0 Å². The first-order valence-corrected chi connectivity index (χ1v) is 8.12. The molecule has 1 fully saturated rings. The molecule has 1 aliphatic rings. The standard InChI is InChI=1S/C18H22N4O/c1-14-11-17(21-13-20-14)22-10-6-5-9-16(22)12-19-18(23)15-7-3-2-4-8-15/h2-4,7-8,11,13,16H,5-6,9-10,12H2,1H3,(H,19,23). The Morgan fingerprint density at radius 2 is 2.09 bits per heavy atom. The molecule has 23 heavy (non-hydrogen) atoms. The SMILES string of the molecule is Cc1cc(N2CCCCC2CNC(=O)c2ccccc2)ncn1. The van der Waals surface area contributed by atoms with Gasteiger partial charge in [0.25, 0.3) is 5.91 Å². The number of carbonyl (C=O) groups excluding carboxylic acids is 1. The maximum Gasteiger partial charge on any atom is 0.251 e. The smallest absolute Gasteiger partial charge is 0.251 e. The Hall–Kier alpha value is -2.43. The number of nitrogens with zero attached hydrogens (tertiary/aromatic N) is 3. The van der Waals surface area contributed by atoms with Gasteiger partial charge in [-0.3, -0.25) is 4.79 Å². The number of rotatable bonds is 4. The molecule has 0 saturated carbocycles. The van der Waals surface area contributed by atoms with Crippen molar-refractivity contribution in [2.45, 2.75) is 32.2 Å². The predicted molar refractivity (Wildman–Crippen MR) is 90.5 cm³/mol. The number of aromatic nitrogens is 2. The van der Waals surface area contributed by atoms with Gasteiger partial charge in [-0.2, -0.15) is 0 Å². The second-order valence-corrected chi connectivity index (χ2v) is 5.94. The summed E-state index contributed by atoms with van der Waals surface area (Å²) in [7, 11) is 0. The van der Waals surface area contributed by atoms with Gasteiger partial charge in [0.15, 0.2) is 0 Å². The molecule has 1 amide bonds. The molecular weight excluding hydrogens is 288 g/mol. The van der Waals surface area contributed by atoms with E-state index in [-0.39, 0.29) is 11.9 Å². The van der Waals surface area contributed by atoms with E-state index in [1.807, 2.05) is 43.3 Å². The van der Waals surface area contributed by atoms with Crippen molar-refractivity contribution in [3.05, 3.63) is 54.0 Å². The van der Waals surface area contributed by atoms with Crippen molar-refractivity contribution in [2.24, 2.45) is 0 Å². The molecule has 1 unspecified atom stereocenters. The van der Waals surface area contributed by atoms with Gasteiger partial charge in [-0.05, 0) is 38.3 Å². The molecule has 1 N–H and O–H groups in total. The average Bonchev–Trinajstić information content (AvgIpc) is 2.60. The van der Waals surface area contributed by atoms with Crippen molar-refractivity contribution < 1.29 is 4.79 Å². The van der Waals surface area contributed by atoms with Crippen LogP contribution in [0.5, 0.6) is 0 Å². The molecule has 1 atom stereocenters. The Kier molecular flexibility index (Phi) is 4.86. The zero-order valence-electron chi connectivity index (χ0n) is 13.4. The summed E-state index contributed by atoms with van der Waals surface area (Å²) in [6, 6.07) is 11.6. The second-order valence-electron chi connectivity index (χ2n) is 5.94. The predicted octanol–water partition coefficient (Wildman–Crippen LogP) is 2.57. The number of hydrogen-bond acceptors (Lipinski definition) is 4. The molecule has 0 bridgehead atoms. The average molecular weight is 310 g/mol. The molecule has 120 valence electrons. The minimum Gasteiger partial charge on any atom is -0.352 e. The molecule has 1 aliphatic heterocycles. The van der Waals surface area contributed by atoms with Gasteiger partial charge in [-0.1, -0.05) is 18.2 Å². The number of hydrogen-bond donors (Lipinski definition) is 1. The largest absolute Gasteiger partial charge is 0.352 e. The molecule has 3 rings (SSSR count). The highest BCUT2D eigenvalue weighted by Gasteiger charge is 2.24. The van der Waals surface area contributed by atoms with E-state index in [0.29, 0.717) is 12.1 Å². The maximum atomic E-state index is 12.2. The third-order valence-corrected chi connectivity index (χ3v) is 4.24. The van der Waals surface area contributed by atoms with Crippen molar-refractivity contribution in [3.63, 3.8) is 0 Å². The van der Waals surface area contributed by atoms with Gasteiger partial charge in [0.2, 0.25) is 0 Å². The molecule has 0 radical (unpaired) electrons. The van der Waals surface area contributed by atoms with Crippen LogP contribution in [0, 0.1) is 6.92 Å². The zero-order chi connectivity index (χ0) is 16.1. The van der Waals surface area contributed by atoms with Crippen LogP contribution in [-0.4, -0.2) is 35.0 Å². The van der Waals surface area contributed by atoms with Crippen LogP contribution in [0.25, 0.3) is 0 Å². The van der Waals surface area contributed by atoms with Gasteiger partial charge in [0.1, 0.15) is 12.1 Å². The minimum atomic E-state index is -0.0185. The fourth-order valence-electron chi connectivity index (χ4n) is 3.01. The van der Waals surface area contributed by atoms with Crippen molar-refractivity contribution in [2.75, 3.05) is 18.0 Å². The molecule has 5 nitrogen and oxygen atoms in total. The van der Waals surface area contributed by atoms with E-state index in [4.69, 9.17) is 0 Å². The molecule has 1 aromatic carbocycles. The van der Waals surface area contributed by atoms with Crippen LogP contribution in [0.15, 0.2) is 42.7 Å². The van der Waals surface area contributed by atoms with Gasteiger partial charge >= 0.3 is 0 Å². The molecule has 2 aromatic rings. The van der Waals surface area contributed by atoms with Crippen LogP contribution in [0.1, 0.15) is 35.3 Å². The van der Waals surface area contributed by atoms with E-state index in [1.54, 1.807) is 6.33 Å². The number of benzene rings is 1. The summed E-state index contributed by atoms with van der Waals surface area (Å²) in [5.74, 6) is 0.936. The van der Waals surface area contributed by atoms with Crippen LogP contribution in [0.3, 0.4) is 0 Å². The fourth-order valence-corrected chi connectivity index (χ4v) is 3.01. The topological polar surface area (TPSA) is 58.1 Å². The number of anilines is 1. The van der Waals surface area contributed by atoms with Gasteiger partial charge in [0, 0.05) is 36.5 Å². The normalized spacial score (nSPS) is 17.8. The Balaban J connectivity index is 1.66. The molecule has 5 heteroatoms. The van der Waals surface area contributed by atoms with E-state index in [2.05, 4.69) is 20.2 Å². The lowest BCUT2D eigenvalue weighted by Gasteiger charge is -2.36. The summed E-state index contributed by atoms with van der Waals surface area (Å²) in [5, 5.41) is 3.06. The van der Waals surface area contributed by atoms with Gasteiger partial charge < -0.3 is 10.2 Å². The van der Waals surface area contributed by atoms with Crippen molar-refractivity contribution in [1.29, 1.82) is 0 Å². The monoisotopic (exact) mass is 310 g/mol. The van der Waals surface area contributed by atoms with Crippen molar-refractivity contribution in [1.82, 2.24) is 15.3 Å². The summed E-state index contributed by atoms with van der Waals surface area (Å²) in [4.78, 5) is 23.1. The van der Waals surface area contributed by atoms with E-state index in [9.17, 15) is 4.79 Å².